The molecule has 0 radical (unpaired) electrons. The molecule has 1 N–H and O–H groups in total. The molecule has 0 unspecified atom stereocenters. The molecule has 0 saturated carbocycles. The summed E-state index contributed by atoms with van der Waals surface area (Å²) in [7, 11) is 0. The molecule has 0 amide bonds. The number of anilines is 1. The van der Waals surface area contributed by atoms with Crippen molar-refractivity contribution >= 4 is 28.4 Å². The smallest absolute Gasteiger partial charge is 0.192 e. The highest BCUT2D eigenvalue weighted by Gasteiger charge is 2.23. The Morgan fingerprint density at radius 2 is 1.84 bits per heavy atom. The number of fused-ring (bicyclic) bond motifs is 1. The minimum absolute atomic E-state index is 0.691. The van der Waals surface area contributed by atoms with Crippen LogP contribution in [0.25, 0.3) is 11.1 Å². The van der Waals surface area contributed by atoms with Gasteiger partial charge in [-0.15, -0.1) is 0 Å². The van der Waals surface area contributed by atoms with Crippen molar-refractivity contribution in [2.75, 3.05) is 31.1 Å². The highest BCUT2D eigenvalue weighted by Crippen LogP contribution is 2.39. The van der Waals surface area contributed by atoms with Crippen LogP contribution in [0.15, 0.2) is 4.42 Å². The van der Waals surface area contributed by atoms with E-state index in [0.717, 1.165) is 59.1 Å². The molecule has 0 bridgehead atoms. The highest BCUT2D eigenvalue weighted by molar-refractivity contribution is 6.33. The lowest BCUT2D eigenvalue weighted by Crippen LogP contribution is -2.43. The van der Waals surface area contributed by atoms with Crippen LogP contribution < -0.4 is 10.2 Å². The summed E-state index contributed by atoms with van der Waals surface area (Å²) in [5.74, 6) is 0.691. The van der Waals surface area contributed by atoms with Crippen molar-refractivity contribution in [1.29, 1.82) is 0 Å². The standard InChI is InChI=1S/C14H18ClN3O/c1-8-11(15)9(2)13(18-6-4-16-5-7-18)14-12(8)17-10(3)19-14/h16H,4-7H2,1-3H3. The molecule has 0 aliphatic carbocycles. The zero-order valence-corrected chi connectivity index (χ0v) is 12.3. The van der Waals surface area contributed by atoms with Crippen LogP contribution in [0.2, 0.25) is 5.02 Å². The largest absolute Gasteiger partial charge is 0.439 e. The lowest BCUT2D eigenvalue weighted by molar-refractivity contribution is 0.552. The van der Waals surface area contributed by atoms with Crippen LogP contribution in [-0.4, -0.2) is 31.2 Å². The van der Waals surface area contributed by atoms with Crippen molar-refractivity contribution in [2.45, 2.75) is 20.8 Å². The van der Waals surface area contributed by atoms with Gasteiger partial charge in [0.05, 0.1) is 10.7 Å². The average molecular weight is 280 g/mol. The van der Waals surface area contributed by atoms with E-state index in [0.29, 0.717) is 5.89 Å². The predicted molar refractivity (Wildman–Crippen MR) is 78.3 cm³/mol. The normalized spacial score (nSPS) is 16.3. The van der Waals surface area contributed by atoms with Crippen molar-refractivity contribution in [3.05, 3.63) is 22.0 Å². The Kier molecular flexibility index (Phi) is 3.15. The number of nitrogens with zero attached hydrogens (tertiary/aromatic N) is 2. The molecule has 19 heavy (non-hydrogen) atoms. The molecular weight excluding hydrogens is 262 g/mol. The van der Waals surface area contributed by atoms with Gasteiger partial charge in [-0.25, -0.2) is 4.98 Å². The predicted octanol–water partition coefficient (Wildman–Crippen LogP) is 2.82. The number of benzene rings is 1. The Morgan fingerprint density at radius 1 is 1.16 bits per heavy atom. The molecule has 0 atom stereocenters. The maximum Gasteiger partial charge on any atom is 0.192 e. The first-order chi connectivity index (χ1) is 9.09. The number of nitrogens with one attached hydrogen (secondary N) is 1. The summed E-state index contributed by atoms with van der Waals surface area (Å²) < 4.78 is 5.84. The zero-order valence-electron chi connectivity index (χ0n) is 11.5. The van der Waals surface area contributed by atoms with Crippen molar-refractivity contribution < 1.29 is 4.42 Å². The summed E-state index contributed by atoms with van der Waals surface area (Å²) in [6, 6.07) is 0. The van der Waals surface area contributed by atoms with E-state index in [9.17, 15) is 0 Å². The van der Waals surface area contributed by atoms with Crippen molar-refractivity contribution in [1.82, 2.24) is 10.3 Å². The van der Waals surface area contributed by atoms with E-state index < -0.39 is 0 Å². The van der Waals surface area contributed by atoms with Gasteiger partial charge >= 0.3 is 0 Å². The first-order valence-corrected chi connectivity index (χ1v) is 6.99. The van der Waals surface area contributed by atoms with Crippen LogP contribution >= 0.6 is 11.6 Å². The monoisotopic (exact) mass is 279 g/mol. The van der Waals surface area contributed by atoms with E-state index in [1.807, 2.05) is 13.8 Å². The van der Waals surface area contributed by atoms with Gasteiger partial charge in [-0.2, -0.15) is 0 Å². The third kappa shape index (κ3) is 1.99. The molecule has 1 aromatic heterocycles. The SMILES string of the molecule is Cc1nc2c(C)c(Cl)c(C)c(N3CCNCC3)c2o1. The zero-order chi connectivity index (χ0) is 13.6. The number of halogens is 1. The van der Waals surface area contributed by atoms with Crippen LogP contribution in [0.4, 0.5) is 5.69 Å². The van der Waals surface area contributed by atoms with E-state index in [2.05, 4.69) is 22.1 Å². The van der Waals surface area contributed by atoms with Crippen molar-refractivity contribution in [3.8, 4) is 0 Å². The molecule has 1 aromatic carbocycles. The van der Waals surface area contributed by atoms with Gasteiger partial charge in [0.1, 0.15) is 5.52 Å². The third-order valence-corrected chi connectivity index (χ3v) is 4.32. The number of aryl methyl sites for hydroxylation is 2. The van der Waals surface area contributed by atoms with Crippen LogP contribution in [0, 0.1) is 20.8 Å². The molecule has 2 aromatic rings. The highest BCUT2D eigenvalue weighted by atomic mass is 35.5. The fourth-order valence-electron chi connectivity index (χ4n) is 2.77. The van der Waals surface area contributed by atoms with Gasteiger partial charge in [-0.3, -0.25) is 0 Å². The average Bonchev–Trinajstić information content (AvgIpc) is 2.79. The van der Waals surface area contributed by atoms with E-state index in [1.54, 1.807) is 0 Å². The molecule has 102 valence electrons. The maximum atomic E-state index is 6.47. The van der Waals surface area contributed by atoms with E-state index in [-0.39, 0.29) is 0 Å². The Bertz CT molecular complexity index is 629. The summed E-state index contributed by atoms with van der Waals surface area (Å²) in [4.78, 5) is 6.81. The van der Waals surface area contributed by atoms with Crippen molar-refractivity contribution in [3.63, 3.8) is 0 Å². The molecule has 1 aliphatic heterocycles. The van der Waals surface area contributed by atoms with E-state index in [1.165, 1.54) is 0 Å². The third-order valence-electron chi connectivity index (χ3n) is 3.75. The Morgan fingerprint density at radius 3 is 2.53 bits per heavy atom. The van der Waals surface area contributed by atoms with Gasteiger partial charge < -0.3 is 14.6 Å². The quantitative estimate of drug-likeness (QED) is 0.872. The first-order valence-electron chi connectivity index (χ1n) is 6.61. The Balaban J connectivity index is 2.26. The number of oxazole rings is 1. The summed E-state index contributed by atoms with van der Waals surface area (Å²) in [6.07, 6.45) is 0. The van der Waals surface area contributed by atoms with Gasteiger partial charge in [-0.1, -0.05) is 11.6 Å². The topological polar surface area (TPSA) is 41.3 Å². The summed E-state index contributed by atoms with van der Waals surface area (Å²) >= 11 is 6.47. The minimum atomic E-state index is 0.691. The molecule has 1 fully saturated rings. The second kappa shape index (κ2) is 4.69. The number of rotatable bonds is 1. The lowest BCUT2D eigenvalue weighted by Gasteiger charge is -2.31. The second-order valence-corrected chi connectivity index (χ2v) is 5.44. The lowest BCUT2D eigenvalue weighted by atomic mass is 10.1. The minimum Gasteiger partial charge on any atom is -0.439 e. The molecule has 3 rings (SSSR count). The van der Waals surface area contributed by atoms with Crippen LogP contribution in [0.1, 0.15) is 17.0 Å². The number of piperazine rings is 1. The first kappa shape index (κ1) is 12.8. The summed E-state index contributed by atoms with van der Waals surface area (Å²) in [6.45, 7) is 9.85. The molecular formula is C14H18ClN3O. The van der Waals surface area contributed by atoms with Gasteiger partial charge in [0.15, 0.2) is 11.5 Å². The maximum absolute atomic E-state index is 6.47. The fourth-order valence-corrected chi connectivity index (χ4v) is 2.95. The molecule has 1 aliphatic rings. The van der Waals surface area contributed by atoms with E-state index >= 15 is 0 Å². The Labute approximate surface area is 117 Å². The molecule has 5 heteroatoms. The number of hydrogen-bond acceptors (Lipinski definition) is 4. The molecule has 1 saturated heterocycles. The Hall–Kier alpha value is -1.26. The number of hydrogen-bond donors (Lipinski definition) is 1. The van der Waals surface area contributed by atoms with Crippen molar-refractivity contribution in [2.24, 2.45) is 0 Å². The van der Waals surface area contributed by atoms with E-state index in [4.69, 9.17) is 16.0 Å². The second-order valence-electron chi connectivity index (χ2n) is 5.06. The van der Waals surface area contributed by atoms with Gasteiger partial charge in [0.2, 0.25) is 0 Å². The number of aromatic nitrogens is 1. The summed E-state index contributed by atoms with van der Waals surface area (Å²) in [5.41, 5.74) is 4.96. The van der Waals surface area contributed by atoms with Crippen LogP contribution in [0.5, 0.6) is 0 Å². The van der Waals surface area contributed by atoms with Gasteiger partial charge in [0.25, 0.3) is 0 Å². The molecule has 4 nitrogen and oxygen atoms in total. The van der Waals surface area contributed by atoms with Crippen LogP contribution in [-0.2, 0) is 0 Å². The summed E-state index contributed by atoms with van der Waals surface area (Å²) in [5, 5.41) is 4.16. The molecule has 0 spiro atoms. The van der Waals surface area contributed by atoms with Crippen LogP contribution in [0.3, 0.4) is 0 Å². The van der Waals surface area contributed by atoms with Gasteiger partial charge in [0, 0.05) is 33.1 Å². The molecule has 2 heterocycles. The fraction of sp³-hybridized carbons (Fsp3) is 0.500. The van der Waals surface area contributed by atoms with Gasteiger partial charge in [-0.05, 0) is 25.0 Å².